The fourth-order valence-electron chi connectivity index (χ4n) is 4.95. The molecule has 0 unspecified atom stereocenters. The first-order chi connectivity index (χ1) is 16.7. The molecule has 6 atom stereocenters. The summed E-state index contributed by atoms with van der Waals surface area (Å²) in [6, 6.07) is 11.2. The Morgan fingerprint density at radius 3 is 2.60 bits per heavy atom. The molecule has 2 aromatic rings. The zero-order valence-electron chi connectivity index (χ0n) is 20.1. The summed E-state index contributed by atoms with van der Waals surface area (Å²) in [7, 11) is 1.58. The van der Waals surface area contributed by atoms with Crippen LogP contribution in [0.2, 0.25) is 0 Å². The highest BCUT2D eigenvalue weighted by Gasteiger charge is 2.59. The van der Waals surface area contributed by atoms with Crippen molar-refractivity contribution < 1.29 is 28.6 Å². The molecular weight excluding hydrogens is 456 g/mol. The number of ether oxygens (including phenoxy) is 4. The van der Waals surface area contributed by atoms with Gasteiger partial charge in [-0.3, -0.25) is 14.2 Å². The number of amides is 1. The topological polar surface area (TPSA) is 113 Å². The molecule has 3 aliphatic rings. The van der Waals surface area contributed by atoms with E-state index in [9.17, 15) is 9.59 Å². The summed E-state index contributed by atoms with van der Waals surface area (Å²) in [5.41, 5.74) is 0.523. The van der Waals surface area contributed by atoms with Crippen LogP contribution < -0.4 is 11.0 Å². The number of nitrogens with one attached hydrogen (secondary N) is 1. The largest absolute Gasteiger partial charge is 0.353 e. The van der Waals surface area contributed by atoms with Crippen molar-refractivity contribution in [2.45, 2.75) is 76.4 Å². The lowest BCUT2D eigenvalue weighted by Crippen LogP contribution is -2.45. The van der Waals surface area contributed by atoms with Gasteiger partial charge in [-0.1, -0.05) is 30.3 Å². The van der Waals surface area contributed by atoms with Crippen molar-refractivity contribution >= 4 is 11.7 Å². The van der Waals surface area contributed by atoms with Gasteiger partial charge < -0.3 is 24.3 Å². The Kier molecular flexibility index (Phi) is 6.47. The first kappa shape index (κ1) is 24.0. The van der Waals surface area contributed by atoms with E-state index in [4.69, 9.17) is 23.8 Å². The second-order valence-corrected chi connectivity index (χ2v) is 9.38. The minimum atomic E-state index is -0.766. The van der Waals surface area contributed by atoms with E-state index in [1.807, 2.05) is 49.2 Å². The average Bonchev–Trinajstić information content (AvgIpc) is 3.44. The maximum Gasteiger partial charge on any atom is 0.351 e. The molecule has 188 valence electrons. The number of carbonyl (C=O) groups excluding carboxylic acids is 1. The Morgan fingerprint density at radius 1 is 1.17 bits per heavy atom. The van der Waals surface area contributed by atoms with Crippen molar-refractivity contribution in [1.29, 1.82) is 0 Å². The summed E-state index contributed by atoms with van der Waals surface area (Å²) in [4.78, 5) is 34.4. The molecule has 0 bridgehead atoms. The van der Waals surface area contributed by atoms with Crippen LogP contribution in [0.4, 0.5) is 5.82 Å². The van der Waals surface area contributed by atoms with Crippen molar-refractivity contribution in [3.05, 3.63) is 58.6 Å². The van der Waals surface area contributed by atoms with Crippen LogP contribution >= 0.6 is 0 Å². The lowest BCUT2D eigenvalue weighted by atomic mass is 10.00. The van der Waals surface area contributed by atoms with E-state index < -0.39 is 30.1 Å². The molecule has 0 radical (unpaired) electrons. The molecule has 0 saturated carbocycles. The Hall–Kier alpha value is -2.67. The summed E-state index contributed by atoms with van der Waals surface area (Å²) in [6.07, 6.45) is -0.329. The van der Waals surface area contributed by atoms with Gasteiger partial charge in [0.1, 0.15) is 24.1 Å². The van der Waals surface area contributed by atoms with E-state index >= 15 is 0 Å². The number of nitrogens with zero attached hydrogens (tertiary/aromatic N) is 3. The molecule has 1 aromatic heterocycles. The van der Waals surface area contributed by atoms with Crippen molar-refractivity contribution in [2.24, 2.45) is 0 Å². The highest BCUT2D eigenvalue weighted by atomic mass is 16.8. The van der Waals surface area contributed by atoms with Crippen LogP contribution in [0.25, 0.3) is 0 Å². The third-order valence-corrected chi connectivity index (χ3v) is 6.35. The highest BCUT2D eigenvalue weighted by molar-refractivity contribution is 5.87. The number of aromatic nitrogens is 2. The Morgan fingerprint density at radius 2 is 1.91 bits per heavy atom. The minimum Gasteiger partial charge on any atom is -0.353 e. The molecule has 1 aromatic carbocycles. The monoisotopic (exact) mass is 486 g/mol. The number of hydrogen-bond donors (Lipinski definition) is 1. The lowest BCUT2D eigenvalue weighted by molar-refractivity contribution is -0.249. The third kappa shape index (κ3) is 4.88. The summed E-state index contributed by atoms with van der Waals surface area (Å²) in [5, 5.41) is 4.36. The quantitative estimate of drug-likeness (QED) is 0.653. The second kappa shape index (κ2) is 9.41. The van der Waals surface area contributed by atoms with Crippen LogP contribution in [-0.2, 0) is 35.1 Å². The van der Waals surface area contributed by atoms with Crippen LogP contribution in [0.3, 0.4) is 0 Å². The van der Waals surface area contributed by atoms with Gasteiger partial charge in [0.05, 0.1) is 6.04 Å². The van der Waals surface area contributed by atoms with Gasteiger partial charge in [0.25, 0.3) is 0 Å². The fraction of sp³-hybridized carbons (Fsp3) is 0.542. The van der Waals surface area contributed by atoms with E-state index in [0.29, 0.717) is 13.0 Å². The van der Waals surface area contributed by atoms with Crippen LogP contribution in [0.1, 0.15) is 39.0 Å². The molecule has 3 saturated heterocycles. The Balaban J connectivity index is 1.43. The van der Waals surface area contributed by atoms with E-state index in [-0.39, 0.29) is 30.0 Å². The summed E-state index contributed by atoms with van der Waals surface area (Å²) in [5.74, 6) is -0.876. The van der Waals surface area contributed by atoms with Crippen molar-refractivity contribution in [3.8, 4) is 0 Å². The summed E-state index contributed by atoms with van der Waals surface area (Å²) >= 11 is 0. The van der Waals surface area contributed by atoms with E-state index in [0.717, 1.165) is 5.56 Å². The molecule has 11 heteroatoms. The zero-order valence-corrected chi connectivity index (χ0v) is 20.1. The lowest BCUT2D eigenvalue weighted by Gasteiger charge is -2.30. The molecule has 4 heterocycles. The number of hydrogen-bond acceptors (Lipinski definition) is 9. The molecule has 1 N–H and O–H groups in total. The molecule has 0 aliphatic carbocycles. The highest BCUT2D eigenvalue weighted by Crippen LogP contribution is 2.44. The first-order valence-electron chi connectivity index (χ1n) is 11.6. The van der Waals surface area contributed by atoms with Crippen molar-refractivity contribution in [2.75, 3.05) is 12.4 Å². The van der Waals surface area contributed by atoms with Gasteiger partial charge in [0, 0.05) is 33.2 Å². The SMILES string of the molecule is CO[C@H]1O[C@H]([C@H]2C[C@@H](n3ccc(NC(C)=O)nc3=O)ON2Cc2ccccc2)[C@@H]2OC(C)(C)O[C@H]12. The standard InChI is InChI=1S/C24H30N4O7/c1-14(29)25-17-10-11-27(23(30)26-17)18-12-16(28(35-18)13-15-8-6-5-7-9-15)19-20-21(22(31-4)32-19)34-24(2,3)33-20/h5-11,16,18-22H,12-13H2,1-4H3,(H,25,26,29,30)/t16-,18+,19-,20+,21+,22+/m1/s1. The smallest absolute Gasteiger partial charge is 0.351 e. The number of anilines is 1. The van der Waals surface area contributed by atoms with E-state index in [2.05, 4.69) is 10.3 Å². The summed E-state index contributed by atoms with van der Waals surface area (Å²) in [6.45, 7) is 5.57. The van der Waals surface area contributed by atoms with E-state index in [1.54, 1.807) is 19.4 Å². The molecule has 0 spiro atoms. The van der Waals surface area contributed by atoms with Crippen molar-refractivity contribution in [3.63, 3.8) is 0 Å². The van der Waals surface area contributed by atoms with Gasteiger partial charge in [0.15, 0.2) is 18.3 Å². The van der Waals surface area contributed by atoms with Crippen LogP contribution in [-0.4, -0.2) is 64.1 Å². The number of fused-ring (bicyclic) bond motifs is 1. The molecular formula is C24H30N4O7. The summed E-state index contributed by atoms with van der Waals surface area (Å²) < 4.78 is 25.5. The molecule has 3 aliphatic heterocycles. The van der Waals surface area contributed by atoms with Crippen LogP contribution in [0.15, 0.2) is 47.4 Å². The Labute approximate surface area is 202 Å². The fourth-order valence-corrected chi connectivity index (χ4v) is 4.95. The van der Waals surface area contributed by atoms with Gasteiger partial charge in [-0.2, -0.15) is 10.0 Å². The Bertz CT molecular complexity index is 1120. The molecule has 3 fully saturated rings. The number of benzene rings is 1. The molecule has 35 heavy (non-hydrogen) atoms. The normalized spacial score (nSPS) is 32.0. The molecule has 1 amide bonds. The number of hydroxylamine groups is 2. The number of carbonyl (C=O) groups is 1. The maximum atomic E-state index is 12.8. The minimum absolute atomic E-state index is 0.193. The third-order valence-electron chi connectivity index (χ3n) is 6.35. The second-order valence-electron chi connectivity index (χ2n) is 9.38. The van der Waals surface area contributed by atoms with Crippen molar-refractivity contribution in [1.82, 2.24) is 14.6 Å². The van der Waals surface area contributed by atoms with Gasteiger partial charge in [-0.05, 0) is 25.5 Å². The number of methoxy groups -OCH3 is 1. The van der Waals surface area contributed by atoms with Crippen LogP contribution in [0.5, 0.6) is 0 Å². The van der Waals surface area contributed by atoms with Gasteiger partial charge >= 0.3 is 5.69 Å². The van der Waals surface area contributed by atoms with Crippen LogP contribution in [0, 0.1) is 0 Å². The number of rotatable bonds is 6. The van der Waals surface area contributed by atoms with E-state index in [1.165, 1.54) is 11.5 Å². The predicted octanol–water partition coefficient (Wildman–Crippen LogP) is 1.80. The maximum absolute atomic E-state index is 12.8. The molecule has 5 rings (SSSR count). The first-order valence-corrected chi connectivity index (χ1v) is 11.6. The van der Waals surface area contributed by atoms with Gasteiger partial charge in [-0.15, -0.1) is 0 Å². The average molecular weight is 487 g/mol. The van der Waals surface area contributed by atoms with Gasteiger partial charge in [-0.25, -0.2) is 4.79 Å². The zero-order chi connectivity index (χ0) is 24.7. The predicted molar refractivity (Wildman–Crippen MR) is 123 cm³/mol. The molecule has 11 nitrogen and oxygen atoms in total. The van der Waals surface area contributed by atoms with Gasteiger partial charge in [0.2, 0.25) is 5.91 Å².